The van der Waals surface area contributed by atoms with Gasteiger partial charge in [0.1, 0.15) is 12.0 Å². The largest absolute Gasteiger partial charge is 0.495 e. The maximum absolute atomic E-state index is 8.81. The topological polar surface area (TPSA) is 67.6 Å². The molecule has 18 heavy (non-hydrogen) atoms. The molecule has 0 unspecified atom stereocenters. The fraction of sp³-hybridized carbons (Fsp3) is 0.462. The van der Waals surface area contributed by atoms with Crippen LogP contribution in [-0.4, -0.2) is 39.6 Å². The van der Waals surface area contributed by atoms with Gasteiger partial charge < -0.3 is 25.5 Å². The minimum absolute atomic E-state index is 0.691. The van der Waals surface area contributed by atoms with E-state index in [2.05, 4.69) is 10.2 Å². The zero-order valence-electron chi connectivity index (χ0n) is 11.0. The van der Waals surface area contributed by atoms with E-state index in [0.717, 1.165) is 38.2 Å². The number of nitrogen functional groups attached to an aromatic ring is 1. The van der Waals surface area contributed by atoms with Gasteiger partial charge in [-0.2, -0.15) is 0 Å². The Kier molecular flexibility index (Phi) is 6.00. The summed E-state index contributed by atoms with van der Waals surface area (Å²) < 4.78 is 5.21. The number of nitrogens with zero attached hydrogens (tertiary/aromatic N) is 1. The molecule has 0 radical (unpaired) electrons. The van der Waals surface area contributed by atoms with Crippen LogP contribution in [0.4, 0.5) is 11.4 Å². The second-order valence-electron chi connectivity index (χ2n) is 3.90. The molecule has 0 bridgehead atoms. The number of hydrogen-bond acceptors (Lipinski definition) is 5. The molecule has 0 amide bonds. The second kappa shape index (κ2) is 7.55. The lowest BCUT2D eigenvalue weighted by atomic mass is 10.2. The third-order valence-corrected chi connectivity index (χ3v) is 2.70. The van der Waals surface area contributed by atoms with Crippen molar-refractivity contribution in [3.63, 3.8) is 0 Å². The van der Waals surface area contributed by atoms with Crippen LogP contribution in [0.3, 0.4) is 0 Å². The molecule has 0 aromatic heterocycles. The van der Waals surface area contributed by atoms with Gasteiger partial charge in [-0.05, 0) is 19.1 Å². The first-order valence-electron chi connectivity index (χ1n) is 6.02. The number of rotatable bonds is 2. The smallest absolute Gasteiger partial charge is 0.143 e. The molecule has 1 fully saturated rings. The molecule has 0 atom stereocenters. The van der Waals surface area contributed by atoms with E-state index in [0.29, 0.717) is 5.69 Å². The van der Waals surface area contributed by atoms with Crippen LogP contribution in [0.2, 0.25) is 0 Å². The molecule has 5 heteroatoms. The van der Waals surface area contributed by atoms with Gasteiger partial charge in [0.05, 0.1) is 12.8 Å². The minimum Gasteiger partial charge on any atom is -0.495 e. The van der Waals surface area contributed by atoms with Crippen LogP contribution in [0.1, 0.15) is 6.92 Å². The number of aldehydes is 1. The molecule has 3 N–H and O–H groups in total. The van der Waals surface area contributed by atoms with Crippen molar-refractivity contribution in [3.05, 3.63) is 18.2 Å². The third kappa shape index (κ3) is 3.92. The van der Waals surface area contributed by atoms with Crippen LogP contribution in [0.5, 0.6) is 5.75 Å². The molecule has 0 saturated carbocycles. The molecule has 0 spiro atoms. The van der Waals surface area contributed by atoms with E-state index >= 15 is 0 Å². The fourth-order valence-corrected chi connectivity index (χ4v) is 1.82. The van der Waals surface area contributed by atoms with Crippen molar-refractivity contribution >= 4 is 17.7 Å². The van der Waals surface area contributed by atoms with Crippen molar-refractivity contribution in [3.8, 4) is 5.75 Å². The summed E-state index contributed by atoms with van der Waals surface area (Å²) in [6.45, 7) is 5.58. The zero-order valence-corrected chi connectivity index (χ0v) is 11.0. The van der Waals surface area contributed by atoms with Gasteiger partial charge in [-0.3, -0.25) is 0 Å². The van der Waals surface area contributed by atoms with Crippen molar-refractivity contribution < 1.29 is 9.53 Å². The summed E-state index contributed by atoms with van der Waals surface area (Å²) in [4.78, 5) is 11.1. The first kappa shape index (κ1) is 14.3. The van der Waals surface area contributed by atoms with Gasteiger partial charge in [-0.1, -0.05) is 0 Å². The van der Waals surface area contributed by atoms with Gasteiger partial charge in [0.2, 0.25) is 0 Å². The molecule has 1 heterocycles. The van der Waals surface area contributed by atoms with Gasteiger partial charge in [-0.25, -0.2) is 0 Å². The average Bonchev–Trinajstić information content (AvgIpc) is 2.41. The first-order chi connectivity index (χ1) is 8.72. The quantitative estimate of drug-likeness (QED) is 0.603. The molecular formula is C13H21N3O2. The monoisotopic (exact) mass is 251 g/mol. The average molecular weight is 251 g/mol. The number of piperazine rings is 1. The van der Waals surface area contributed by atoms with Crippen molar-refractivity contribution in [1.29, 1.82) is 0 Å². The highest BCUT2D eigenvalue weighted by molar-refractivity contribution is 5.62. The predicted molar refractivity (Wildman–Crippen MR) is 74.2 cm³/mol. The Morgan fingerprint density at radius 1 is 1.39 bits per heavy atom. The highest BCUT2D eigenvalue weighted by Gasteiger charge is 2.11. The van der Waals surface area contributed by atoms with Crippen LogP contribution in [0.25, 0.3) is 0 Å². The van der Waals surface area contributed by atoms with Crippen LogP contribution in [0, 0.1) is 0 Å². The summed E-state index contributed by atoms with van der Waals surface area (Å²) in [5.74, 6) is 0.756. The standard InChI is InChI=1S/C11H17N3O.C2H4O/c1-15-11-8-9(2-3-10(11)12)14-6-4-13-5-7-14;1-2-3/h2-3,8,13H,4-7,12H2,1H3;2H,1H3. The number of ether oxygens (including phenoxy) is 1. The van der Waals surface area contributed by atoms with E-state index in [1.807, 2.05) is 18.2 Å². The number of carbonyl (C=O) groups is 1. The first-order valence-corrected chi connectivity index (χ1v) is 6.02. The number of nitrogens with two attached hydrogens (primary N) is 1. The Hall–Kier alpha value is -1.75. The number of carbonyl (C=O) groups excluding carboxylic acids is 1. The van der Waals surface area contributed by atoms with E-state index in [9.17, 15) is 0 Å². The molecule has 2 rings (SSSR count). The minimum atomic E-state index is 0.691. The van der Waals surface area contributed by atoms with Crippen LogP contribution in [-0.2, 0) is 4.79 Å². The molecule has 5 nitrogen and oxygen atoms in total. The molecule has 1 aliphatic heterocycles. The Morgan fingerprint density at radius 2 is 2.00 bits per heavy atom. The van der Waals surface area contributed by atoms with Crippen molar-refractivity contribution in [2.75, 3.05) is 43.9 Å². The Balaban J connectivity index is 0.000000492. The van der Waals surface area contributed by atoms with Gasteiger partial charge in [0, 0.05) is 37.9 Å². The Labute approximate surface area is 108 Å². The number of benzene rings is 1. The predicted octanol–water partition coefficient (Wildman–Crippen LogP) is 0.892. The van der Waals surface area contributed by atoms with Crippen LogP contribution < -0.4 is 20.7 Å². The molecule has 1 saturated heterocycles. The lowest BCUT2D eigenvalue weighted by Gasteiger charge is -2.29. The summed E-state index contributed by atoms with van der Waals surface area (Å²) in [6.07, 6.45) is 0.750. The third-order valence-electron chi connectivity index (χ3n) is 2.70. The second-order valence-corrected chi connectivity index (χ2v) is 3.90. The highest BCUT2D eigenvalue weighted by atomic mass is 16.5. The summed E-state index contributed by atoms with van der Waals surface area (Å²) in [5.41, 5.74) is 7.65. The number of nitrogens with one attached hydrogen (secondary N) is 1. The maximum atomic E-state index is 8.81. The lowest BCUT2D eigenvalue weighted by molar-refractivity contribution is -0.106. The maximum Gasteiger partial charge on any atom is 0.143 e. The van der Waals surface area contributed by atoms with Gasteiger partial charge in [0.25, 0.3) is 0 Å². The number of anilines is 2. The Bertz CT molecular complexity index is 376. The van der Waals surface area contributed by atoms with E-state index in [1.54, 1.807) is 7.11 Å². The number of methoxy groups -OCH3 is 1. The molecule has 1 aromatic carbocycles. The fourth-order valence-electron chi connectivity index (χ4n) is 1.82. The lowest BCUT2D eigenvalue weighted by Crippen LogP contribution is -2.43. The van der Waals surface area contributed by atoms with Crippen LogP contribution >= 0.6 is 0 Å². The molecule has 100 valence electrons. The van der Waals surface area contributed by atoms with E-state index in [1.165, 1.54) is 12.6 Å². The van der Waals surface area contributed by atoms with Crippen molar-refractivity contribution in [1.82, 2.24) is 5.32 Å². The highest BCUT2D eigenvalue weighted by Crippen LogP contribution is 2.27. The van der Waals surface area contributed by atoms with Gasteiger partial charge >= 0.3 is 0 Å². The van der Waals surface area contributed by atoms with E-state index in [-0.39, 0.29) is 0 Å². The SMILES string of the molecule is CC=O.COc1cc(N2CCNCC2)ccc1N. The van der Waals surface area contributed by atoms with Crippen LogP contribution in [0.15, 0.2) is 18.2 Å². The molecular weight excluding hydrogens is 230 g/mol. The Morgan fingerprint density at radius 3 is 2.56 bits per heavy atom. The molecule has 0 aliphatic carbocycles. The van der Waals surface area contributed by atoms with Crippen molar-refractivity contribution in [2.45, 2.75) is 6.92 Å². The normalized spacial score (nSPS) is 14.4. The number of hydrogen-bond donors (Lipinski definition) is 2. The summed E-state index contributed by atoms with van der Waals surface area (Å²) in [6, 6.07) is 5.94. The summed E-state index contributed by atoms with van der Waals surface area (Å²) in [5, 5.41) is 3.33. The zero-order chi connectivity index (χ0) is 13.4. The van der Waals surface area contributed by atoms with Gasteiger partial charge in [0.15, 0.2) is 0 Å². The molecule has 1 aromatic rings. The molecule has 1 aliphatic rings. The summed E-state index contributed by atoms with van der Waals surface area (Å²) >= 11 is 0. The van der Waals surface area contributed by atoms with Crippen molar-refractivity contribution in [2.24, 2.45) is 0 Å². The van der Waals surface area contributed by atoms with E-state index in [4.69, 9.17) is 15.3 Å². The summed E-state index contributed by atoms with van der Waals surface area (Å²) in [7, 11) is 1.65. The van der Waals surface area contributed by atoms with Gasteiger partial charge in [-0.15, -0.1) is 0 Å². The van der Waals surface area contributed by atoms with E-state index < -0.39 is 0 Å².